The highest BCUT2D eigenvalue weighted by Gasteiger charge is 2.32. The second-order valence-corrected chi connectivity index (χ2v) is 12.1. The van der Waals surface area contributed by atoms with Gasteiger partial charge in [0.05, 0.1) is 26.3 Å². The van der Waals surface area contributed by atoms with Crippen molar-refractivity contribution in [1.29, 1.82) is 0 Å². The Morgan fingerprint density at radius 2 is 1.79 bits per heavy atom. The summed E-state index contributed by atoms with van der Waals surface area (Å²) in [5, 5.41) is 0.974. The summed E-state index contributed by atoms with van der Waals surface area (Å²) in [6, 6.07) is 27.4. The first-order chi connectivity index (χ1) is 20.4. The van der Waals surface area contributed by atoms with E-state index in [1.165, 1.54) is 29.0 Å². The normalized spacial score (nSPS) is 16.0. The van der Waals surface area contributed by atoms with Gasteiger partial charge in [-0.3, -0.25) is 9.36 Å². The average molecular weight is 614 g/mol. The molecule has 42 heavy (non-hydrogen) atoms. The molecule has 208 valence electrons. The Kier molecular flexibility index (Phi) is 7.06. The minimum absolute atomic E-state index is 0.124. The molecule has 1 aromatic heterocycles. The summed E-state index contributed by atoms with van der Waals surface area (Å²) in [4.78, 5) is 19.6. The second-order valence-electron chi connectivity index (χ2n) is 10.3. The standard InChI is InChI=1S/C34H23Cl2FN2O2S/c35-28-15-8-21(17-29(28)36)19-41-25-6-3-4-20(16-25)18-30-33(40)39-32(23-9-12-24(37)13-10-23)27-14-11-22-5-1-2-7-26(22)31(27)38-34(39)42-30/h1-10,12-13,15-18,32H,11,14,19H2/b30-18-/t32-/m1/s1. The molecule has 5 aromatic rings. The predicted octanol–water partition coefficient (Wildman–Crippen LogP) is 7.34. The van der Waals surface area contributed by atoms with Crippen molar-refractivity contribution in [3.63, 3.8) is 0 Å². The average Bonchev–Trinajstić information content (AvgIpc) is 3.31. The van der Waals surface area contributed by atoms with Crippen LogP contribution in [0, 0.1) is 5.82 Å². The summed E-state index contributed by atoms with van der Waals surface area (Å²) >= 11 is 13.5. The zero-order valence-electron chi connectivity index (χ0n) is 22.2. The van der Waals surface area contributed by atoms with E-state index in [1.807, 2.05) is 48.5 Å². The molecule has 0 N–H and O–H groups in total. The van der Waals surface area contributed by atoms with Crippen molar-refractivity contribution < 1.29 is 9.13 Å². The molecule has 0 spiro atoms. The molecule has 4 aromatic carbocycles. The Balaban J connectivity index is 1.29. The van der Waals surface area contributed by atoms with Crippen LogP contribution in [0.3, 0.4) is 0 Å². The minimum atomic E-state index is -0.353. The zero-order chi connectivity index (χ0) is 28.8. The third kappa shape index (κ3) is 5.00. The highest BCUT2D eigenvalue weighted by atomic mass is 35.5. The lowest BCUT2D eigenvalue weighted by molar-refractivity contribution is 0.306. The predicted molar refractivity (Wildman–Crippen MR) is 166 cm³/mol. The first-order valence-corrected chi connectivity index (χ1v) is 15.1. The first-order valence-electron chi connectivity index (χ1n) is 13.5. The highest BCUT2D eigenvalue weighted by molar-refractivity contribution is 7.07. The number of nitrogens with zero attached hydrogens (tertiary/aromatic N) is 2. The molecule has 1 aliphatic carbocycles. The van der Waals surface area contributed by atoms with Crippen molar-refractivity contribution in [1.82, 2.24) is 4.57 Å². The second kappa shape index (κ2) is 11.0. The topological polar surface area (TPSA) is 43.6 Å². The molecule has 1 aliphatic heterocycles. The van der Waals surface area contributed by atoms with Gasteiger partial charge in [0.15, 0.2) is 4.80 Å². The molecule has 0 saturated carbocycles. The quantitative estimate of drug-likeness (QED) is 0.208. The van der Waals surface area contributed by atoms with Crippen LogP contribution in [0.15, 0.2) is 106 Å². The maximum absolute atomic E-state index is 14.0. The third-order valence-corrected chi connectivity index (χ3v) is 9.33. The molecule has 2 aliphatic rings. The Morgan fingerprint density at radius 1 is 0.952 bits per heavy atom. The van der Waals surface area contributed by atoms with E-state index in [4.69, 9.17) is 32.9 Å². The largest absolute Gasteiger partial charge is 0.489 e. The van der Waals surface area contributed by atoms with Crippen molar-refractivity contribution in [2.24, 2.45) is 4.99 Å². The Hall–Kier alpha value is -3.97. The van der Waals surface area contributed by atoms with Crippen LogP contribution in [0.4, 0.5) is 4.39 Å². The molecular weight excluding hydrogens is 590 g/mol. The molecule has 8 heteroatoms. The number of hydrogen-bond donors (Lipinski definition) is 0. The zero-order valence-corrected chi connectivity index (χ0v) is 24.5. The summed E-state index contributed by atoms with van der Waals surface area (Å²) in [7, 11) is 0. The van der Waals surface area contributed by atoms with Crippen LogP contribution >= 0.6 is 34.5 Å². The molecule has 0 unspecified atom stereocenters. The molecule has 0 radical (unpaired) electrons. The Labute approximate surface area is 255 Å². The fraction of sp³-hybridized carbons (Fsp3) is 0.118. The van der Waals surface area contributed by atoms with E-state index in [0.29, 0.717) is 31.7 Å². The fourth-order valence-electron chi connectivity index (χ4n) is 5.61. The van der Waals surface area contributed by atoms with E-state index >= 15 is 0 Å². The van der Waals surface area contributed by atoms with Crippen LogP contribution in [0.5, 0.6) is 5.75 Å². The summed E-state index contributed by atoms with van der Waals surface area (Å²) in [6.45, 7) is 0.327. The number of aromatic nitrogens is 1. The van der Waals surface area contributed by atoms with Gasteiger partial charge in [0.1, 0.15) is 18.2 Å². The number of allylic oxidation sites excluding steroid dienone is 1. The SMILES string of the molecule is O=c1/c(=C/c2cccc(OCc3ccc(Cl)c(Cl)c3)c2)sc2n1[C@H](c1ccc(F)cc1)C1=C(N=2)c2ccccc2CC1. The Morgan fingerprint density at radius 3 is 2.62 bits per heavy atom. The van der Waals surface area contributed by atoms with Crippen molar-refractivity contribution in [2.45, 2.75) is 25.5 Å². The lowest BCUT2D eigenvalue weighted by Gasteiger charge is -2.30. The lowest BCUT2D eigenvalue weighted by atomic mass is 9.83. The van der Waals surface area contributed by atoms with Crippen LogP contribution < -0.4 is 19.6 Å². The monoisotopic (exact) mass is 612 g/mol. The smallest absolute Gasteiger partial charge is 0.271 e. The molecule has 0 bridgehead atoms. The highest BCUT2D eigenvalue weighted by Crippen LogP contribution is 2.41. The Bertz CT molecular complexity index is 2060. The fourth-order valence-corrected chi connectivity index (χ4v) is 6.93. The molecular formula is C34H23Cl2FN2O2S. The van der Waals surface area contributed by atoms with Gasteiger partial charge < -0.3 is 4.74 Å². The van der Waals surface area contributed by atoms with Gasteiger partial charge in [0, 0.05) is 5.56 Å². The van der Waals surface area contributed by atoms with Gasteiger partial charge >= 0.3 is 0 Å². The third-order valence-electron chi connectivity index (χ3n) is 7.60. The number of thiazole rings is 1. The van der Waals surface area contributed by atoms with Crippen molar-refractivity contribution in [3.05, 3.63) is 160 Å². The van der Waals surface area contributed by atoms with Crippen molar-refractivity contribution in [2.75, 3.05) is 0 Å². The van der Waals surface area contributed by atoms with Crippen LogP contribution in [-0.2, 0) is 13.0 Å². The molecule has 0 amide bonds. The minimum Gasteiger partial charge on any atom is -0.489 e. The van der Waals surface area contributed by atoms with Gasteiger partial charge in [-0.15, -0.1) is 0 Å². The summed E-state index contributed by atoms with van der Waals surface area (Å²) in [6.07, 6.45) is 3.51. The number of ether oxygens (including phenoxy) is 1. The van der Waals surface area contributed by atoms with Gasteiger partial charge in [-0.1, -0.05) is 89.1 Å². The van der Waals surface area contributed by atoms with Gasteiger partial charge in [0.25, 0.3) is 5.56 Å². The number of aryl methyl sites for hydroxylation is 1. The number of rotatable bonds is 5. The molecule has 4 nitrogen and oxygen atoms in total. The first kappa shape index (κ1) is 26.9. The molecule has 0 fully saturated rings. The van der Waals surface area contributed by atoms with E-state index in [1.54, 1.807) is 28.8 Å². The van der Waals surface area contributed by atoms with E-state index in [9.17, 15) is 9.18 Å². The van der Waals surface area contributed by atoms with E-state index in [2.05, 4.69) is 12.1 Å². The van der Waals surface area contributed by atoms with Gasteiger partial charge in [-0.25, -0.2) is 9.38 Å². The maximum Gasteiger partial charge on any atom is 0.271 e. The maximum atomic E-state index is 14.0. The molecule has 0 saturated heterocycles. The molecule has 2 heterocycles. The van der Waals surface area contributed by atoms with Crippen molar-refractivity contribution in [3.8, 4) is 5.75 Å². The van der Waals surface area contributed by atoms with Gasteiger partial charge in [0.2, 0.25) is 0 Å². The summed E-state index contributed by atoms with van der Waals surface area (Å²) in [5.74, 6) is 0.356. The molecule has 1 atom stereocenters. The molecule has 7 rings (SSSR count). The lowest BCUT2D eigenvalue weighted by Crippen LogP contribution is -2.38. The van der Waals surface area contributed by atoms with E-state index < -0.39 is 0 Å². The van der Waals surface area contributed by atoms with E-state index in [-0.39, 0.29) is 17.4 Å². The van der Waals surface area contributed by atoms with Crippen LogP contribution in [0.25, 0.3) is 11.8 Å². The van der Waals surface area contributed by atoms with E-state index in [0.717, 1.165) is 46.4 Å². The summed E-state index contributed by atoms with van der Waals surface area (Å²) in [5.41, 5.74) is 6.80. The number of fused-ring (bicyclic) bond motifs is 3. The van der Waals surface area contributed by atoms with Crippen LogP contribution in [0.2, 0.25) is 10.0 Å². The number of halogens is 3. The van der Waals surface area contributed by atoms with Gasteiger partial charge in [-0.2, -0.15) is 0 Å². The summed E-state index contributed by atoms with van der Waals surface area (Å²) < 4.78 is 22.2. The number of benzene rings is 4. The van der Waals surface area contributed by atoms with Gasteiger partial charge in [-0.05, 0) is 83.1 Å². The van der Waals surface area contributed by atoms with Crippen LogP contribution in [0.1, 0.15) is 40.3 Å². The van der Waals surface area contributed by atoms with Crippen molar-refractivity contribution >= 4 is 46.3 Å². The number of hydrogen-bond acceptors (Lipinski definition) is 4. The van der Waals surface area contributed by atoms with Crippen LogP contribution in [-0.4, -0.2) is 4.57 Å².